The number of hydrogen-bond donors (Lipinski definition) is 1. The maximum absolute atomic E-state index is 12.3. The van der Waals surface area contributed by atoms with Gasteiger partial charge < -0.3 is 0 Å². The number of sulfonamides is 1. The normalized spacial score (nSPS) is 15.7. The average Bonchev–Trinajstić information content (AvgIpc) is 3.15. The van der Waals surface area contributed by atoms with Gasteiger partial charge in [0.1, 0.15) is 0 Å². The average molecular weight is 438 g/mol. The monoisotopic (exact) mass is 437 g/mol. The van der Waals surface area contributed by atoms with Crippen LogP contribution in [-0.2, 0) is 29.4 Å². The van der Waals surface area contributed by atoms with E-state index in [2.05, 4.69) is 15.9 Å². The molecule has 1 atom stereocenters. The van der Waals surface area contributed by atoms with Crippen LogP contribution in [-0.4, -0.2) is 30.0 Å². The second-order valence-corrected chi connectivity index (χ2v) is 9.95. The second kappa shape index (κ2) is 9.16. The van der Waals surface area contributed by atoms with Crippen molar-refractivity contribution in [2.24, 2.45) is 0 Å². The van der Waals surface area contributed by atoms with Gasteiger partial charge in [0.15, 0.2) is 0 Å². The lowest BCUT2D eigenvalue weighted by Gasteiger charge is -2.12. The van der Waals surface area contributed by atoms with Gasteiger partial charge in [-0.3, -0.25) is 4.79 Å². The fraction of sp³-hybridized carbons (Fsp3) is 0.333. The third kappa shape index (κ3) is 5.29. The molecule has 1 aromatic heterocycles. The largest absolute Gasteiger partial charge is 0.268 e. The number of rotatable bonds is 8. The first-order chi connectivity index (χ1) is 14.9. The minimum absolute atomic E-state index is 0.105. The summed E-state index contributed by atoms with van der Waals surface area (Å²) in [6.45, 7) is 2.40. The van der Waals surface area contributed by atoms with Crippen LogP contribution in [0.1, 0.15) is 36.5 Å². The Bertz CT molecular complexity index is 1220. The molecule has 3 aromatic rings. The minimum Gasteiger partial charge on any atom is -0.268 e. The number of nitrogens with one attached hydrogen (secondary N) is 1. The number of benzene rings is 2. The molecule has 1 aliphatic rings. The molecule has 1 unspecified atom stereocenters. The molecule has 1 N–H and O–H groups in total. The van der Waals surface area contributed by atoms with Crippen LogP contribution in [0.15, 0.2) is 65.5 Å². The first kappa shape index (κ1) is 21.5. The van der Waals surface area contributed by atoms with Gasteiger partial charge in [-0.15, -0.1) is 0 Å². The third-order valence-electron chi connectivity index (χ3n) is 5.59. The molecule has 0 amide bonds. The second-order valence-electron chi connectivity index (χ2n) is 8.08. The van der Waals surface area contributed by atoms with E-state index in [1.165, 1.54) is 4.68 Å². The summed E-state index contributed by atoms with van der Waals surface area (Å²) >= 11 is 0. The Morgan fingerprint density at radius 3 is 2.58 bits per heavy atom. The van der Waals surface area contributed by atoms with Gasteiger partial charge >= 0.3 is 0 Å². The number of unbranched alkanes of at least 4 members (excludes halogenated alkanes) is 1. The summed E-state index contributed by atoms with van der Waals surface area (Å²) in [4.78, 5) is 12.3. The molecule has 0 spiro atoms. The molecule has 31 heavy (non-hydrogen) atoms. The molecule has 4 rings (SSSR count). The molecule has 0 bridgehead atoms. The van der Waals surface area contributed by atoms with Crippen LogP contribution in [0.25, 0.3) is 11.3 Å². The molecule has 0 saturated heterocycles. The maximum Gasteiger partial charge on any atom is 0.267 e. The Hall–Kier alpha value is -2.77. The van der Waals surface area contributed by atoms with Crippen molar-refractivity contribution in [2.45, 2.75) is 45.2 Å². The molecule has 6 nitrogen and oxygen atoms in total. The van der Waals surface area contributed by atoms with E-state index in [1.54, 1.807) is 12.1 Å². The quantitative estimate of drug-likeness (QED) is 0.587. The highest BCUT2D eigenvalue weighted by Crippen LogP contribution is 2.27. The van der Waals surface area contributed by atoms with Crippen molar-refractivity contribution in [3.63, 3.8) is 0 Å². The van der Waals surface area contributed by atoms with E-state index in [4.69, 9.17) is 0 Å². The van der Waals surface area contributed by atoms with Gasteiger partial charge in [-0.05, 0) is 48.1 Å². The molecule has 0 saturated carbocycles. The summed E-state index contributed by atoms with van der Waals surface area (Å²) in [6.07, 6.45) is 2.89. The van der Waals surface area contributed by atoms with E-state index in [-0.39, 0.29) is 17.4 Å². The van der Waals surface area contributed by atoms with Crippen LogP contribution in [0.4, 0.5) is 0 Å². The summed E-state index contributed by atoms with van der Waals surface area (Å²) in [5.41, 5.74) is 4.81. The van der Waals surface area contributed by atoms with Crippen LogP contribution in [0.3, 0.4) is 0 Å². The molecule has 162 valence electrons. The fourth-order valence-corrected chi connectivity index (χ4v) is 5.44. The van der Waals surface area contributed by atoms with Crippen molar-refractivity contribution in [2.75, 3.05) is 5.75 Å². The summed E-state index contributed by atoms with van der Waals surface area (Å²) in [5, 5.41) is 4.57. The molecule has 1 aliphatic carbocycles. The van der Waals surface area contributed by atoms with E-state index in [1.807, 2.05) is 49.4 Å². The van der Waals surface area contributed by atoms with Gasteiger partial charge in [0.2, 0.25) is 10.0 Å². The molecule has 7 heteroatoms. The third-order valence-corrected chi connectivity index (χ3v) is 7.11. The van der Waals surface area contributed by atoms with Crippen molar-refractivity contribution < 1.29 is 8.42 Å². The number of nitrogens with zero attached hydrogens (tertiary/aromatic N) is 2. The van der Waals surface area contributed by atoms with Gasteiger partial charge in [-0.2, -0.15) is 5.10 Å². The Morgan fingerprint density at radius 1 is 1.03 bits per heavy atom. The first-order valence-corrected chi connectivity index (χ1v) is 12.3. The van der Waals surface area contributed by atoms with E-state index in [9.17, 15) is 13.2 Å². The predicted molar refractivity (Wildman–Crippen MR) is 123 cm³/mol. The lowest BCUT2D eigenvalue weighted by molar-refractivity contribution is 0.553. The Morgan fingerprint density at radius 2 is 1.81 bits per heavy atom. The Labute approximate surface area is 183 Å². The lowest BCUT2D eigenvalue weighted by Crippen LogP contribution is -2.36. The van der Waals surface area contributed by atoms with Crippen molar-refractivity contribution in [3.05, 3.63) is 87.7 Å². The molecular formula is C24H27N3O3S. The zero-order chi connectivity index (χ0) is 21.8. The highest BCUT2D eigenvalue weighted by atomic mass is 32.2. The molecule has 0 fully saturated rings. The topological polar surface area (TPSA) is 81.1 Å². The van der Waals surface area contributed by atoms with Gasteiger partial charge in [-0.1, -0.05) is 55.8 Å². The predicted octanol–water partition coefficient (Wildman–Crippen LogP) is 3.15. The summed E-state index contributed by atoms with van der Waals surface area (Å²) < 4.78 is 28.8. The van der Waals surface area contributed by atoms with Gasteiger partial charge in [0.25, 0.3) is 5.56 Å². The van der Waals surface area contributed by atoms with Crippen molar-refractivity contribution in [1.82, 2.24) is 14.5 Å². The van der Waals surface area contributed by atoms with E-state index >= 15 is 0 Å². The summed E-state index contributed by atoms with van der Waals surface area (Å²) in [5.74, 6) is 0.175. The van der Waals surface area contributed by atoms with Crippen LogP contribution in [0.2, 0.25) is 0 Å². The van der Waals surface area contributed by atoms with Crippen LogP contribution < -0.4 is 10.3 Å². The molecule has 0 radical (unpaired) electrons. The van der Waals surface area contributed by atoms with Crippen LogP contribution in [0, 0.1) is 0 Å². The van der Waals surface area contributed by atoms with Crippen molar-refractivity contribution in [3.8, 4) is 11.3 Å². The van der Waals surface area contributed by atoms with Crippen LogP contribution in [0.5, 0.6) is 0 Å². The fourth-order valence-electron chi connectivity index (χ4n) is 3.98. The Kier molecular flexibility index (Phi) is 6.34. The van der Waals surface area contributed by atoms with Gasteiger partial charge in [-0.25, -0.2) is 17.8 Å². The number of hydrogen-bond acceptors (Lipinski definition) is 4. The van der Waals surface area contributed by atoms with Gasteiger partial charge in [0.05, 0.1) is 18.0 Å². The summed E-state index contributed by atoms with van der Waals surface area (Å²) in [7, 11) is -3.25. The van der Waals surface area contributed by atoms with Crippen LogP contribution >= 0.6 is 0 Å². The standard InChI is InChI=1S/C24H27N3O3S/c1-2-3-13-31(29,30)26-22-15-19-9-10-20(14-21(19)16-22)23-11-12-24(28)27(25-23)17-18-7-5-4-6-8-18/h4-12,14,22,26H,2-3,13,15-17H2,1H3. The van der Waals surface area contributed by atoms with Crippen molar-refractivity contribution >= 4 is 10.0 Å². The molecule has 2 aromatic carbocycles. The molecule has 1 heterocycles. The van der Waals surface area contributed by atoms with E-state index in [0.29, 0.717) is 25.8 Å². The lowest BCUT2D eigenvalue weighted by atomic mass is 10.0. The highest BCUT2D eigenvalue weighted by Gasteiger charge is 2.25. The molecule has 0 aliphatic heterocycles. The molecular weight excluding hydrogens is 410 g/mol. The van der Waals surface area contributed by atoms with Gasteiger partial charge in [0, 0.05) is 17.7 Å². The SMILES string of the molecule is CCCCS(=O)(=O)NC1Cc2ccc(-c3ccc(=O)n(Cc4ccccc4)n3)cc2C1. The van der Waals surface area contributed by atoms with E-state index < -0.39 is 10.0 Å². The number of aromatic nitrogens is 2. The zero-order valence-electron chi connectivity index (χ0n) is 17.6. The maximum atomic E-state index is 12.3. The highest BCUT2D eigenvalue weighted by molar-refractivity contribution is 7.89. The van der Waals surface area contributed by atoms with E-state index in [0.717, 1.165) is 34.4 Å². The first-order valence-electron chi connectivity index (χ1n) is 10.7. The van der Waals surface area contributed by atoms with Crippen molar-refractivity contribution in [1.29, 1.82) is 0 Å². The zero-order valence-corrected chi connectivity index (χ0v) is 18.4. The Balaban J connectivity index is 1.52. The number of fused-ring (bicyclic) bond motifs is 1. The summed E-state index contributed by atoms with van der Waals surface area (Å²) in [6, 6.07) is 19.0. The minimum atomic E-state index is -3.25. The smallest absolute Gasteiger partial charge is 0.267 e.